The molecule has 54 valence electrons. The van der Waals surface area contributed by atoms with Gasteiger partial charge in [-0.25, -0.2) is 0 Å². The standard InChI is InChI=1S/C7H8BrNO/c1-2-5(9)6-3-4-7(8)10-6/h2-5H,1,9H2. The summed E-state index contributed by atoms with van der Waals surface area (Å²) in [6.45, 7) is 3.55. The van der Waals surface area contributed by atoms with Gasteiger partial charge in [-0.3, -0.25) is 0 Å². The Morgan fingerprint density at radius 2 is 2.40 bits per heavy atom. The Labute approximate surface area is 67.8 Å². The van der Waals surface area contributed by atoms with E-state index < -0.39 is 0 Å². The van der Waals surface area contributed by atoms with E-state index in [-0.39, 0.29) is 6.04 Å². The summed E-state index contributed by atoms with van der Waals surface area (Å²) in [4.78, 5) is 0. The van der Waals surface area contributed by atoms with Gasteiger partial charge in [-0.05, 0) is 28.1 Å². The van der Waals surface area contributed by atoms with Crippen LogP contribution >= 0.6 is 15.9 Å². The zero-order chi connectivity index (χ0) is 7.56. The molecule has 0 aliphatic heterocycles. The molecule has 2 N–H and O–H groups in total. The van der Waals surface area contributed by atoms with Gasteiger partial charge in [0.25, 0.3) is 0 Å². The Morgan fingerprint density at radius 1 is 1.70 bits per heavy atom. The van der Waals surface area contributed by atoms with Crippen LogP contribution in [0.3, 0.4) is 0 Å². The van der Waals surface area contributed by atoms with Gasteiger partial charge in [0, 0.05) is 0 Å². The Bertz CT molecular complexity index is 231. The Hall–Kier alpha value is -0.540. The minimum atomic E-state index is -0.203. The van der Waals surface area contributed by atoms with Crippen molar-refractivity contribution >= 4 is 15.9 Å². The monoisotopic (exact) mass is 201 g/mol. The molecule has 0 radical (unpaired) electrons. The SMILES string of the molecule is C=CC(N)c1ccc(Br)o1. The Morgan fingerprint density at radius 3 is 2.80 bits per heavy atom. The maximum absolute atomic E-state index is 5.57. The van der Waals surface area contributed by atoms with Gasteiger partial charge < -0.3 is 10.2 Å². The summed E-state index contributed by atoms with van der Waals surface area (Å²) in [5.74, 6) is 0.724. The molecule has 3 heteroatoms. The van der Waals surface area contributed by atoms with Crippen molar-refractivity contribution in [2.75, 3.05) is 0 Å². The average Bonchev–Trinajstić information content (AvgIpc) is 2.34. The summed E-state index contributed by atoms with van der Waals surface area (Å²) in [7, 11) is 0. The highest BCUT2D eigenvalue weighted by atomic mass is 79.9. The van der Waals surface area contributed by atoms with Crippen molar-refractivity contribution in [3.05, 3.63) is 35.2 Å². The molecule has 1 unspecified atom stereocenters. The van der Waals surface area contributed by atoms with Crippen molar-refractivity contribution in [2.24, 2.45) is 5.73 Å². The Balaban J connectivity index is 2.84. The fourth-order valence-corrected chi connectivity index (χ4v) is 0.943. The maximum atomic E-state index is 5.57. The van der Waals surface area contributed by atoms with Gasteiger partial charge in [0.15, 0.2) is 4.67 Å². The largest absolute Gasteiger partial charge is 0.452 e. The summed E-state index contributed by atoms with van der Waals surface area (Å²) >= 11 is 3.17. The molecule has 1 rings (SSSR count). The van der Waals surface area contributed by atoms with E-state index >= 15 is 0 Å². The number of nitrogens with two attached hydrogens (primary N) is 1. The summed E-state index contributed by atoms with van der Waals surface area (Å²) in [6.07, 6.45) is 1.63. The first-order chi connectivity index (χ1) is 4.74. The molecule has 1 heterocycles. The van der Waals surface area contributed by atoms with Crippen LogP contribution in [0.25, 0.3) is 0 Å². The Kier molecular flexibility index (Phi) is 2.29. The maximum Gasteiger partial charge on any atom is 0.169 e. The van der Waals surface area contributed by atoms with Crippen molar-refractivity contribution < 1.29 is 4.42 Å². The van der Waals surface area contributed by atoms with E-state index in [1.807, 2.05) is 6.07 Å². The van der Waals surface area contributed by atoms with E-state index in [0.717, 1.165) is 5.76 Å². The van der Waals surface area contributed by atoms with E-state index in [1.54, 1.807) is 12.1 Å². The van der Waals surface area contributed by atoms with Gasteiger partial charge >= 0.3 is 0 Å². The van der Waals surface area contributed by atoms with Crippen LogP contribution in [0, 0.1) is 0 Å². The zero-order valence-corrected chi connectivity index (χ0v) is 6.97. The predicted molar refractivity (Wildman–Crippen MR) is 43.5 cm³/mol. The van der Waals surface area contributed by atoms with Crippen LogP contribution in [0.1, 0.15) is 11.8 Å². The molecular weight excluding hydrogens is 194 g/mol. The second kappa shape index (κ2) is 3.03. The fourth-order valence-electron chi connectivity index (χ4n) is 0.624. The first-order valence-electron chi connectivity index (χ1n) is 2.87. The first-order valence-corrected chi connectivity index (χ1v) is 3.66. The molecule has 0 aliphatic rings. The smallest absolute Gasteiger partial charge is 0.169 e. The van der Waals surface area contributed by atoms with Crippen LogP contribution in [0.15, 0.2) is 33.9 Å². The lowest BCUT2D eigenvalue weighted by molar-refractivity contribution is 0.474. The molecule has 1 atom stereocenters. The normalized spacial score (nSPS) is 13.0. The molecule has 1 aromatic heterocycles. The third kappa shape index (κ3) is 1.49. The van der Waals surface area contributed by atoms with E-state index in [4.69, 9.17) is 10.2 Å². The second-order valence-corrected chi connectivity index (χ2v) is 2.68. The van der Waals surface area contributed by atoms with Gasteiger partial charge in [-0.1, -0.05) is 6.08 Å². The lowest BCUT2D eigenvalue weighted by atomic mass is 10.2. The third-order valence-electron chi connectivity index (χ3n) is 1.18. The highest BCUT2D eigenvalue weighted by Crippen LogP contribution is 2.18. The molecule has 0 saturated carbocycles. The molecule has 0 spiro atoms. The highest BCUT2D eigenvalue weighted by molar-refractivity contribution is 9.10. The van der Waals surface area contributed by atoms with Gasteiger partial charge in [0.1, 0.15) is 5.76 Å². The van der Waals surface area contributed by atoms with E-state index in [0.29, 0.717) is 4.67 Å². The third-order valence-corrected chi connectivity index (χ3v) is 1.60. The minimum absolute atomic E-state index is 0.203. The molecule has 10 heavy (non-hydrogen) atoms. The molecule has 0 aromatic carbocycles. The highest BCUT2D eigenvalue weighted by Gasteiger charge is 2.04. The van der Waals surface area contributed by atoms with Crippen molar-refractivity contribution in [3.63, 3.8) is 0 Å². The number of hydrogen-bond donors (Lipinski definition) is 1. The average molecular weight is 202 g/mol. The number of halogens is 1. The number of hydrogen-bond acceptors (Lipinski definition) is 2. The van der Waals surface area contributed by atoms with Crippen LogP contribution < -0.4 is 5.73 Å². The molecule has 0 fully saturated rings. The van der Waals surface area contributed by atoms with Crippen LogP contribution in [0.2, 0.25) is 0 Å². The van der Waals surface area contributed by atoms with Crippen LogP contribution in [-0.2, 0) is 0 Å². The van der Waals surface area contributed by atoms with E-state index in [2.05, 4.69) is 22.5 Å². The minimum Gasteiger partial charge on any atom is -0.452 e. The molecule has 1 aromatic rings. The van der Waals surface area contributed by atoms with Crippen molar-refractivity contribution in [2.45, 2.75) is 6.04 Å². The van der Waals surface area contributed by atoms with Gasteiger partial charge in [-0.2, -0.15) is 0 Å². The molecule has 0 bridgehead atoms. The summed E-state index contributed by atoms with van der Waals surface area (Å²) in [5.41, 5.74) is 5.57. The van der Waals surface area contributed by atoms with Crippen molar-refractivity contribution in [3.8, 4) is 0 Å². The lowest BCUT2D eigenvalue weighted by Gasteiger charge is -1.98. The lowest BCUT2D eigenvalue weighted by Crippen LogP contribution is -2.04. The molecule has 0 amide bonds. The molecular formula is C7H8BrNO. The van der Waals surface area contributed by atoms with Crippen molar-refractivity contribution in [1.82, 2.24) is 0 Å². The van der Waals surface area contributed by atoms with E-state index in [9.17, 15) is 0 Å². The quantitative estimate of drug-likeness (QED) is 0.746. The number of rotatable bonds is 2. The molecule has 2 nitrogen and oxygen atoms in total. The summed E-state index contributed by atoms with van der Waals surface area (Å²) in [5, 5.41) is 0. The fraction of sp³-hybridized carbons (Fsp3) is 0.143. The van der Waals surface area contributed by atoms with Crippen LogP contribution in [-0.4, -0.2) is 0 Å². The first kappa shape index (κ1) is 7.57. The van der Waals surface area contributed by atoms with Crippen molar-refractivity contribution in [1.29, 1.82) is 0 Å². The van der Waals surface area contributed by atoms with E-state index in [1.165, 1.54) is 0 Å². The number of furan rings is 1. The summed E-state index contributed by atoms with van der Waals surface area (Å²) < 4.78 is 5.85. The van der Waals surface area contributed by atoms with Crippen LogP contribution in [0.4, 0.5) is 0 Å². The second-order valence-electron chi connectivity index (χ2n) is 1.90. The van der Waals surface area contributed by atoms with Gasteiger partial charge in [0.05, 0.1) is 6.04 Å². The predicted octanol–water partition coefficient (Wildman–Crippen LogP) is 2.23. The summed E-state index contributed by atoms with van der Waals surface area (Å²) in [6, 6.07) is 3.42. The van der Waals surface area contributed by atoms with Gasteiger partial charge in [-0.15, -0.1) is 6.58 Å². The van der Waals surface area contributed by atoms with Gasteiger partial charge in [0.2, 0.25) is 0 Å². The van der Waals surface area contributed by atoms with Crippen LogP contribution in [0.5, 0.6) is 0 Å². The zero-order valence-electron chi connectivity index (χ0n) is 5.38. The molecule has 0 saturated heterocycles. The molecule has 0 aliphatic carbocycles. The topological polar surface area (TPSA) is 39.2 Å².